The maximum Gasteiger partial charge on any atom is 0.0682 e. The van der Waals surface area contributed by atoms with E-state index in [0.29, 0.717) is 4.75 Å². The van der Waals surface area contributed by atoms with Gasteiger partial charge in [-0.05, 0) is 40.0 Å². The summed E-state index contributed by atoms with van der Waals surface area (Å²) in [5, 5.41) is 9.14. The van der Waals surface area contributed by atoms with Gasteiger partial charge in [0.05, 0.1) is 12.3 Å². The molecule has 1 N–H and O–H groups in total. The van der Waals surface area contributed by atoms with Crippen LogP contribution < -0.4 is 4.90 Å². The quantitative estimate of drug-likeness (QED) is 0.895. The molecule has 0 atom stereocenters. The normalized spacial score (nSPS) is 19.7. The highest BCUT2D eigenvalue weighted by Crippen LogP contribution is 2.34. The number of rotatable bonds is 2. The first-order chi connectivity index (χ1) is 8.52. The van der Waals surface area contributed by atoms with Gasteiger partial charge in [0, 0.05) is 28.1 Å². The third-order valence-electron chi connectivity index (χ3n) is 3.37. The summed E-state index contributed by atoms with van der Waals surface area (Å²) in [7, 11) is 0. The maximum absolute atomic E-state index is 9.14. The number of aliphatic hydroxyl groups excluding tert-OH is 1. The molecular formula is C14H20BrNOS. The van der Waals surface area contributed by atoms with Crippen LogP contribution in [0.4, 0.5) is 5.69 Å². The van der Waals surface area contributed by atoms with Crippen LogP contribution in [0.1, 0.15) is 25.8 Å². The summed E-state index contributed by atoms with van der Waals surface area (Å²) in [6.07, 6.45) is 1.20. The molecule has 1 saturated heterocycles. The molecule has 1 aromatic rings. The monoisotopic (exact) mass is 329 g/mol. The van der Waals surface area contributed by atoms with Crippen molar-refractivity contribution in [3.63, 3.8) is 0 Å². The minimum atomic E-state index is 0.0990. The average Bonchev–Trinajstić information content (AvgIpc) is 2.50. The molecule has 100 valence electrons. The zero-order valence-corrected chi connectivity index (χ0v) is 13.4. The van der Waals surface area contributed by atoms with Crippen LogP contribution in [0.2, 0.25) is 0 Å². The minimum absolute atomic E-state index is 0.0990. The molecule has 1 heterocycles. The van der Waals surface area contributed by atoms with Crippen LogP contribution in [-0.2, 0) is 6.61 Å². The Morgan fingerprint density at radius 3 is 2.83 bits per heavy atom. The van der Waals surface area contributed by atoms with Gasteiger partial charge in [-0.3, -0.25) is 0 Å². The van der Waals surface area contributed by atoms with Crippen LogP contribution in [0.5, 0.6) is 0 Å². The van der Waals surface area contributed by atoms with E-state index in [4.69, 9.17) is 5.11 Å². The maximum atomic E-state index is 9.14. The van der Waals surface area contributed by atoms with Crippen LogP contribution in [0.25, 0.3) is 0 Å². The second kappa shape index (κ2) is 5.85. The molecule has 0 amide bonds. The lowest BCUT2D eigenvalue weighted by molar-refractivity contribution is 0.282. The van der Waals surface area contributed by atoms with Crippen molar-refractivity contribution in [3.05, 3.63) is 28.2 Å². The van der Waals surface area contributed by atoms with E-state index < -0.39 is 0 Å². The summed E-state index contributed by atoms with van der Waals surface area (Å²) in [6.45, 7) is 6.93. The van der Waals surface area contributed by atoms with E-state index in [9.17, 15) is 0 Å². The van der Waals surface area contributed by atoms with Gasteiger partial charge >= 0.3 is 0 Å². The predicted octanol–water partition coefficient (Wildman–Crippen LogP) is 3.66. The molecule has 0 aliphatic carbocycles. The predicted molar refractivity (Wildman–Crippen MR) is 83.4 cm³/mol. The molecule has 4 heteroatoms. The molecule has 2 rings (SSSR count). The van der Waals surface area contributed by atoms with Crippen LogP contribution in [0, 0.1) is 0 Å². The number of benzene rings is 1. The number of aliphatic hydroxyl groups is 1. The van der Waals surface area contributed by atoms with Gasteiger partial charge in [0.2, 0.25) is 0 Å². The first-order valence-electron chi connectivity index (χ1n) is 6.30. The molecule has 0 saturated carbocycles. The van der Waals surface area contributed by atoms with E-state index in [0.717, 1.165) is 23.1 Å². The van der Waals surface area contributed by atoms with E-state index in [1.54, 1.807) is 0 Å². The Bertz CT molecular complexity index is 422. The second-order valence-electron chi connectivity index (χ2n) is 5.29. The van der Waals surface area contributed by atoms with Crippen LogP contribution in [-0.4, -0.2) is 28.7 Å². The fourth-order valence-corrected chi connectivity index (χ4v) is 3.94. The molecule has 1 fully saturated rings. The lowest BCUT2D eigenvalue weighted by Gasteiger charge is -2.25. The number of thioether (sulfide) groups is 1. The molecule has 2 nitrogen and oxygen atoms in total. The van der Waals surface area contributed by atoms with E-state index in [1.807, 2.05) is 12.1 Å². The first-order valence-corrected chi connectivity index (χ1v) is 8.08. The van der Waals surface area contributed by atoms with Crippen molar-refractivity contribution < 1.29 is 5.11 Å². The van der Waals surface area contributed by atoms with Gasteiger partial charge in [0.25, 0.3) is 0 Å². The minimum Gasteiger partial charge on any atom is -0.392 e. The molecule has 0 radical (unpaired) electrons. The summed E-state index contributed by atoms with van der Waals surface area (Å²) >= 11 is 5.67. The van der Waals surface area contributed by atoms with Crippen LogP contribution in [0.3, 0.4) is 0 Å². The third-order valence-corrected chi connectivity index (χ3v) is 5.38. The average molecular weight is 330 g/mol. The summed E-state index contributed by atoms with van der Waals surface area (Å²) in [4.78, 5) is 2.44. The van der Waals surface area contributed by atoms with Crippen LogP contribution >= 0.6 is 27.7 Å². The molecule has 0 bridgehead atoms. The Hall–Kier alpha value is -0.190. The fourth-order valence-electron chi connectivity index (χ4n) is 2.17. The molecule has 0 unspecified atom stereocenters. The van der Waals surface area contributed by atoms with Crippen molar-refractivity contribution in [3.8, 4) is 0 Å². The van der Waals surface area contributed by atoms with E-state index in [2.05, 4.69) is 52.5 Å². The van der Waals surface area contributed by atoms with Gasteiger partial charge in [-0.1, -0.05) is 19.9 Å². The molecule has 1 aliphatic rings. The number of halogens is 1. The molecule has 1 aromatic carbocycles. The zero-order valence-electron chi connectivity index (χ0n) is 10.9. The van der Waals surface area contributed by atoms with E-state index in [1.165, 1.54) is 17.9 Å². The highest BCUT2D eigenvalue weighted by Gasteiger charge is 2.24. The molecule has 18 heavy (non-hydrogen) atoms. The van der Waals surface area contributed by atoms with Crippen molar-refractivity contribution in [1.29, 1.82) is 0 Å². The van der Waals surface area contributed by atoms with E-state index in [-0.39, 0.29) is 6.61 Å². The molecule has 0 spiro atoms. The topological polar surface area (TPSA) is 23.5 Å². The highest BCUT2D eigenvalue weighted by molar-refractivity contribution is 9.10. The summed E-state index contributed by atoms with van der Waals surface area (Å²) < 4.78 is 1.46. The molecule has 1 aliphatic heterocycles. The summed E-state index contributed by atoms with van der Waals surface area (Å²) in [5.41, 5.74) is 2.20. The Balaban J connectivity index is 2.16. The standard InChI is InChI=1S/C14H20BrNOS/c1-14(2)5-6-16(7-8-18-14)13-4-3-11(10-17)9-12(13)15/h3-4,9,17H,5-8,10H2,1-2H3. The number of hydrogen-bond donors (Lipinski definition) is 1. The number of nitrogens with zero attached hydrogens (tertiary/aromatic N) is 1. The summed E-state index contributed by atoms with van der Waals surface area (Å²) in [6, 6.07) is 6.13. The smallest absolute Gasteiger partial charge is 0.0682 e. The van der Waals surface area contributed by atoms with Gasteiger partial charge in [0.1, 0.15) is 0 Å². The third kappa shape index (κ3) is 3.43. The van der Waals surface area contributed by atoms with Crippen molar-refractivity contribution in [2.24, 2.45) is 0 Å². The van der Waals surface area contributed by atoms with Gasteiger partial charge in [0.15, 0.2) is 0 Å². The van der Waals surface area contributed by atoms with Crippen molar-refractivity contribution in [2.75, 3.05) is 23.7 Å². The lowest BCUT2D eigenvalue weighted by atomic mass is 10.1. The van der Waals surface area contributed by atoms with Crippen molar-refractivity contribution in [2.45, 2.75) is 31.6 Å². The Labute approximate surface area is 122 Å². The SMILES string of the molecule is CC1(C)CCN(c2ccc(CO)cc2Br)CCS1. The zero-order chi connectivity index (χ0) is 13.2. The van der Waals surface area contributed by atoms with Crippen molar-refractivity contribution in [1.82, 2.24) is 0 Å². The van der Waals surface area contributed by atoms with E-state index >= 15 is 0 Å². The molecular weight excluding hydrogens is 310 g/mol. The Kier molecular flexibility index (Phi) is 4.62. The van der Waals surface area contributed by atoms with Gasteiger partial charge < -0.3 is 10.0 Å². The van der Waals surface area contributed by atoms with Gasteiger partial charge in [-0.25, -0.2) is 0 Å². The molecule has 0 aromatic heterocycles. The Morgan fingerprint density at radius 1 is 1.39 bits per heavy atom. The van der Waals surface area contributed by atoms with Gasteiger partial charge in [-0.15, -0.1) is 0 Å². The van der Waals surface area contributed by atoms with Gasteiger partial charge in [-0.2, -0.15) is 11.8 Å². The van der Waals surface area contributed by atoms with Crippen LogP contribution in [0.15, 0.2) is 22.7 Å². The lowest BCUT2D eigenvalue weighted by Crippen LogP contribution is -2.27. The second-order valence-corrected chi connectivity index (χ2v) is 7.95. The summed E-state index contributed by atoms with van der Waals surface area (Å²) in [5.74, 6) is 1.17. The largest absolute Gasteiger partial charge is 0.392 e. The number of hydrogen-bond acceptors (Lipinski definition) is 3. The highest BCUT2D eigenvalue weighted by atomic mass is 79.9. The fraction of sp³-hybridized carbons (Fsp3) is 0.571. The first kappa shape index (κ1) is 14.2. The number of anilines is 1. The van der Waals surface area contributed by atoms with Crippen molar-refractivity contribution >= 4 is 33.4 Å². The Morgan fingerprint density at radius 2 is 2.17 bits per heavy atom.